The zero-order valence-electron chi connectivity index (χ0n) is 11.0. The van der Waals surface area contributed by atoms with Crippen LogP contribution in [0.5, 0.6) is 0 Å². The first kappa shape index (κ1) is 13.6. The van der Waals surface area contributed by atoms with Crippen molar-refractivity contribution in [2.24, 2.45) is 5.92 Å². The van der Waals surface area contributed by atoms with Crippen molar-refractivity contribution < 1.29 is 0 Å². The first-order valence-corrected chi connectivity index (χ1v) is 7.24. The van der Waals surface area contributed by atoms with Gasteiger partial charge in [-0.15, -0.1) is 0 Å². The number of halogens is 1. The Bertz CT molecular complexity index is 400. The highest BCUT2D eigenvalue weighted by Gasteiger charge is 2.11. The second-order valence-electron chi connectivity index (χ2n) is 5.29. The van der Waals surface area contributed by atoms with Crippen LogP contribution in [0.1, 0.15) is 31.7 Å². The van der Waals surface area contributed by atoms with Gasteiger partial charge in [0.15, 0.2) is 0 Å². The standard InChI is InChI=1S/C16H22ClN/c1-13(10-15-8-5-9-16(17)11-15)18-12-14-6-3-2-4-7-14/h2-3,5,8-9,11,13-14,18H,4,6-7,10,12H2,1H3. The molecular formula is C16H22ClN. The highest BCUT2D eigenvalue weighted by Crippen LogP contribution is 2.17. The molecular weight excluding hydrogens is 242 g/mol. The Labute approximate surface area is 115 Å². The third-order valence-corrected chi connectivity index (χ3v) is 3.80. The minimum absolute atomic E-state index is 0.509. The van der Waals surface area contributed by atoms with E-state index < -0.39 is 0 Å². The van der Waals surface area contributed by atoms with Crippen LogP contribution in [-0.4, -0.2) is 12.6 Å². The second kappa shape index (κ2) is 6.96. The van der Waals surface area contributed by atoms with Crippen molar-refractivity contribution in [2.75, 3.05) is 6.54 Å². The lowest BCUT2D eigenvalue weighted by Gasteiger charge is -2.21. The fourth-order valence-electron chi connectivity index (χ4n) is 2.50. The van der Waals surface area contributed by atoms with Crippen LogP contribution in [0.25, 0.3) is 0 Å². The topological polar surface area (TPSA) is 12.0 Å². The quantitative estimate of drug-likeness (QED) is 0.785. The Morgan fingerprint density at radius 1 is 1.39 bits per heavy atom. The normalized spacial score (nSPS) is 20.9. The number of hydrogen-bond donors (Lipinski definition) is 1. The zero-order valence-corrected chi connectivity index (χ0v) is 11.8. The lowest BCUT2D eigenvalue weighted by atomic mass is 9.94. The molecule has 0 heterocycles. The highest BCUT2D eigenvalue weighted by molar-refractivity contribution is 6.30. The van der Waals surface area contributed by atoms with Crippen LogP contribution >= 0.6 is 11.6 Å². The Morgan fingerprint density at radius 2 is 2.28 bits per heavy atom. The molecule has 1 aliphatic rings. The summed E-state index contributed by atoms with van der Waals surface area (Å²) in [5.74, 6) is 0.816. The lowest BCUT2D eigenvalue weighted by Crippen LogP contribution is -2.33. The fourth-order valence-corrected chi connectivity index (χ4v) is 2.71. The van der Waals surface area contributed by atoms with Crippen molar-refractivity contribution in [3.63, 3.8) is 0 Å². The maximum absolute atomic E-state index is 6.00. The molecule has 1 aromatic rings. The second-order valence-corrected chi connectivity index (χ2v) is 5.73. The van der Waals surface area contributed by atoms with Crippen LogP contribution in [0.15, 0.2) is 36.4 Å². The lowest BCUT2D eigenvalue weighted by molar-refractivity contribution is 0.410. The van der Waals surface area contributed by atoms with Gasteiger partial charge in [-0.05, 0) is 62.8 Å². The fraction of sp³-hybridized carbons (Fsp3) is 0.500. The van der Waals surface area contributed by atoms with E-state index in [-0.39, 0.29) is 0 Å². The van der Waals surface area contributed by atoms with Crippen molar-refractivity contribution >= 4 is 11.6 Å². The minimum Gasteiger partial charge on any atom is -0.314 e. The van der Waals surface area contributed by atoms with Gasteiger partial charge in [0.1, 0.15) is 0 Å². The van der Waals surface area contributed by atoms with E-state index >= 15 is 0 Å². The monoisotopic (exact) mass is 263 g/mol. The Balaban J connectivity index is 1.74. The summed E-state index contributed by atoms with van der Waals surface area (Å²) in [7, 11) is 0. The van der Waals surface area contributed by atoms with Gasteiger partial charge < -0.3 is 5.32 Å². The van der Waals surface area contributed by atoms with Crippen LogP contribution in [0.3, 0.4) is 0 Å². The van der Waals surface area contributed by atoms with Gasteiger partial charge in [0.2, 0.25) is 0 Å². The molecule has 0 saturated carbocycles. The number of hydrogen-bond acceptors (Lipinski definition) is 1. The summed E-state index contributed by atoms with van der Waals surface area (Å²) in [5.41, 5.74) is 1.31. The molecule has 2 unspecified atom stereocenters. The average molecular weight is 264 g/mol. The van der Waals surface area contributed by atoms with Crippen molar-refractivity contribution in [2.45, 2.75) is 38.6 Å². The molecule has 98 valence electrons. The first-order valence-electron chi connectivity index (χ1n) is 6.87. The molecule has 2 heteroatoms. The Kier molecular flexibility index (Phi) is 5.27. The molecule has 18 heavy (non-hydrogen) atoms. The summed E-state index contributed by atoms with van der Waals surface area (Å²) in [5, 5.41) is 4.47. The molecule has 0 aliphatic heterocycles. The van der Waals surface area contributed by atoms with Gasteiger partial charge in [-0.1, -0.05) is 35.9 Å². The number of nitrogens with one attached hydrogen (secondary N) is 1. The molecule has 0 radical (unpaired) electrons. The molecule has 0 aromatic heterocycles. The maximum Gasteiger partial charge on any atom is 0.0408 e. The van der Waals surface area contributed by atoms with Crippen molar-refractivity contribution in [3.8, 4) is 0 Å². The van der Waals surface area contributed by atoms with E-state index in [2.05, 4.69) is 36.5 Å². The minimum atomic E-state index is 0.509. The summed E-state index contributed by atoms with van der Waals surface area (Å²) >= 11 is 6.00. The van der Waals surface area contributed by atoms with Gasteiger partial charge in [-0.2, -0.15) is 0 Å². The SMILES string of the molecule is CC(Cc1cccc(Cl)c1)NCC1CC=CCC1. The van der Waals surface area contributed by atoms with Crippen LogP contribution < -0.4 is 5.32 Å². The first-order chi connectivity index (χ1) is 8.74. The zero-order chi connectivity index (χ0) is 12.8. The van der Waals surface area contributed by atoms with Gasteiger partial charge in [0.05, 0.1) is 0 Å². The van der Waals surface area contributed by atoms with Crippen LogP contribution in [0.2, 0.25) is 5.02 Å². The highest BCUT2D eigenvalue weighted by atomic mass is 35.5. The molecule has 0 fully saturated rings. The Morgan fingerprint density at radius 3 is 3.00 bits per heavy atom. The molecule has 0 saturated heterocycles. The molecule has 1 aromatic carbocycles. The van der Waals surface area contributed by atoms with E-state index in [9.17, 15) is 0 Å². The van der Waals surface area contributed by atoms with E-state index in [0.29, 0.717) is 6.04 Å². The predicted molar refractivity (Wildman–Crippen MR) is 79.1 cm³/mol. The molecule has 1 nitrogen and oxygen atoms in total. The molecule has 1 N–H and O–H groups in total. The van der Waals surface area contributed by atoms with Crippen LogP contribution in [0, 0.1) is 5.92 Å². The Hall–Kier alpha value is -0.790. The van der Waals surface area contributed by atoms with Crippen molar-refractivity contribution in [3.05, 3.63) is 47.0 Å². The van der Waals surface area contributed by atoms with Gasteiger partial charge >= 0.3 is 0 Å². The van der Waals surface area contributed by atoms with Gasteiger partial charge in [-0.3, -0.25) is 0 Å². The van der Waals surface area contributed by atoms with E-state index in [1.807, 2.05) is 12.1 Å². The van der Waals surface area contributed by atoms with E-state index in [4.69, 9.17) is 11.6 Å². The summed E-state index contributed by atoms with van der Waals surface area (Å²) in [6.07, 6.45) is 9.46. The predicted octanol–water partition coefficient (Wildman–Crippen LogP) is 4.22. The van der Waals surface area contributed by atoms with E-state index in [0.717, 1.165) is 23.9 Å². The third-order valence-electron chi connectivity index (χ3n) is 3.56. The third kappa shape index (κ3) is 4.47. The van der Waals surface area contributed by atoms with E-state index in [1.165, 1.54) is 24.8 Å². The summed E-state index contributed by atoms with van der Waals surface area (Å²) in [6.45, 7) is 3.38. The molecule has 0 bridgehead atoms. The molecule has 2 atom stereocenters. The van der Waals surface area contributed by atoms with Crippen LogP contribution in [-0.2, 0) is 6.42 Å². The van der Waals surface area contributed by atoms with Gasteiger partial charge in [-0.25, -0.2) is 0 Å². The maximum atomic E-state index is 6.00. The molecule has 2 rings (SSSR count). The number of allylic oxidation sites excluding steroid dienone is 2. The largest absolute Gasteiger partial charge is 0.314 e. The van der Waals surface area contributed by atoms with Crippen molar-refractivity contribution in [1.82, 2.24) is 5.32 Å². The number of rotatable bonds is 5. The molecule has 0 amide bonds. The van der Waals surface area contributed by atoms with Gasteiger partial charge in [0.25, 0.3) is 0 Å². The van der Waals surface area contributed by atoms with Crippen LogP contribution in [0.4, 0.5) is 0 Å². The summed E-state index contributed by atoms with van der Waals surface area (Å²) < 4.78 is 0. The molecule has 1 aliphatic carbocycles. The van der Waals surface area contributed by atoms with E-state index in [1.54, 1.807) is 0 Å². The average Bonchev–Trinajstić information content (AvgIpc) is 2.38. The smallest absolute Gasteiger partial charge is 0.0408 e. The van der Waals surface area contributed by atoms with Gasteiger partial charge in [0, 0.05) is 11.1 Å². The number of benzene rings is 1. The molecule has 0 spiro atoms. The summed E-state index contributed by atoms with van der Waals surface area (Å²) in [4.78, 5) is 0. The van der Waals surface area contributed by atoms with Crippen molar-refractivity contribution in [1.29, 1.82) is 0 Å². The summed E-state index contributed by atoms with van der Waals surface area (Å²) in [6, 6.07) is 8.67.